The normalized spacial score (nSPS) is 10.5. The first-order valence-corrected chi connectivity index (χ1v) is 6.61. The van der Waals surface area contributed by atoms with E-state index in [-0.39, 0.29) is 15.8 Å². The first-order valence-electron chi connectivity index (χ1n) is 5.81. The Morgan fingerprint density at radius 3 is 2.63 bits per heavy atom. The molecule has 0 atom stereocenters. The maximum atomic E-state index is 13.4. The highest BCUT2D eigenvalue weighted by molar-refractivity contribution is 9.10. The molecule has 2 rings (SSSR count). The molecule has 0 aliphatic heterocycles. The first-order chi connectivity index (χ1) is 9.04. The van der Waals surface area contributed by atoms with Gasteiger partial charge in [-0.25, -0.2) is 8.78 Å². The van der Waals surface area contributed by atoms with E-state index in [2.05, 4.69) is 15.9 Å². The van der Waals surface area contributed by atoms with Crippen LogP contribution in [0.1, 0.15) is 28.4 Å². The molecule has 2 aromatic carbocycles. The van der Waals surface area contributed by atoms with E-state index in [1.165, 1.54) is 6.07 Å². The summed E-state index contributed by atoms with van der Waals surface area (Å²) < 4.78 is 26.3. The minimum atomic E-state index is -1.04. The molecule has 98 valence electrons. The topological polar surface area (TPSA) is 17.1 Å². The van der Waals surface area contributed by atoms with Gasteiger partial charge in [-0.2, -0.15) is 0 Å². The van der Waals surface area contributed by atoms with Gasteiger partial charge in [-0.3, -0.25) is 4.79 Å². The fourth-order valence-electron chi connectivity index (χ4n) is 1.79. The van der Waals surface area contributed by atoms with E-state index in [0.29, 0.717) is 5.56 Å². The number of carbonyl (C=O) groups is 1. The third-order valence-corrected chi connectivity index (χ3v) is 3.65. The van der Waals surface area contributed by atoms with Crippen molar-refractivity contribution in [3.8, 4) is 0 Å². The average Bonchev–Trinajstić information content (AvgIpc) is 2.44. The summed E-state index contributed by atoms with van der Waals surface area (Å²) in [6.07, 6.45) is 0.806. The molecule has 0 amide bonds. The third kappa shape index (κ3) is 2.73. The van der Waals surface area contributed by atoms with E-state index >= 15 is 0 Å². The highest BCUT2D eigenvalue weighted by Crippen LogP contribution is 2.25. The van der Waals surface area contributed by atoms with E-state index in [1.54, 1.807) is 18.2 Å². The molecule has 0 bridgehead atoms. The number of carbonyl (C=O) groups excluding carboxylic acids is 1. The van der Waals surface area contributed by atoms with Crippen molar-refractivity contribution in [2.24, 2.45) is 0 Å². The fraction of sp³-hybridized carbons (Fsp3) is 0.133. The quantitative estimate of drug-likeness (QED) is 0.599. The standard InChI is InChI=1S/C15H11BrF2O/c1-2-9-4-3-5-10(8-9)15(19)11-6-7-12(17)14(18)13(11)16/h3-8H,2H2,1H3. The molecule has 0 radical (unpaired) electrons. The number of hydrogen-bond donors (Lipinski definition) is 0. The number of benzene rings is 2. The largest absolute Gasteiger partial charge is 0.289 e. The van der Waals surface area contributed by atoms with E-state index < -0.39 is 11.6 Å². The van der Waals surface area contributed by atoms with Crippen LogP contribution in [-0.2, 0) is 6.42 Å². The lowest BCUT2D eigenvalue weighted by molar-refractivity contribution is 0.103. The molecule has 0 aliphatic rings. The van der Waals surface area contributed by atoms with Crippen LogP contribution in [0, 0.1) is 11.6 Å². The lowest BCUT2D eigenvalue weighted by atomic mass is 10.0. The molecule has 0 saturated carbocycles. The van der Waals surface area contributed by atoms with Crippen LogP contribution >= 0.6 is 15.9 Å². The Morgan fingerprint density at radius 1 is 1.21 bits per heavy atom. The summed E-state index contributed by atoms with van der Waals surface area (Å²) >= 11 is 2.93. The highest BCUT2D eigenvalue weighted by Gasteiger charge is 2.18. The van der Waals surface area contributed by atoms with Crippen molar-refractivity contribution in [3.63, 3.8) is 0 Å². The third-order valence-electron chi connectivity index (χ3n) is 2.88. The van der Waals surface area contributed by atoms with Crippen molar-refractivity contribution in [3.05, 3.63) is 69.2 Å². The molecule has 0 aliphatic carbocycles. The van der Waals surface area contributed by atoms with Gasteiger partial charge in [0.05, 0.1) is 4.47 Å². The maximum Gasteiger partial charge on any atom is 0.194 e. The van der Waals surface area contributed by atoms with Gasteiger partial charge in [-0.05, 0) is 46.1 Å². The maximum absolute atomic E-state index is 13.4. The molecule has 2 aromatic rings. The zero-order valence-corrected chi connectivity index (χ0v) is 11.8. The molecule has 0 saturated heterocycles. The van der Waals surface area contributed by atoms with Crippen LogP contribution in [0.15, 0.2) is 40.9 Å². The average molecular weight is 325 g/mol. The lowest BCUT2D eigenvalue weighted by Crippen LogP contribution is -2.05. The Balaban J connectivity index is 2.47. The van der Waals surface area contributed by atoms with Crippen molar-refractivity contribution in [2.45, 2.75) is 13.3 Å². The smallest absolute Gasteiger partial charge is 0.194 e. The number of ketones is 1. The minimum absolute atomic E-state index is 0.118. The predicted molar refractivity (Wildman–Crippen MR) is 73.3 cm³/mol. The number of halogens is 3. The van der Waals surface area contributed by atoms with Crippen LogP contribution in [0.2, 0.25) is 0 Å². The summed E-state index contributed by atoms with van der Waals surface area (Å²) in [5, 5.41) is 0. The van der Waals surface area contributed by atoms with Gasteiger partial charge < -0.3 is 0 Å². The van der Waals surface area contributed by atoms with Crippen LogP contribution in [-0.4, -0.2) is 5.78 Å². The number of rotatable bonds is 3. The van der Waals surface area contributed by atoms with Gasteiger partial charge in [-0.1, -0.05) is 25.1 Å². The first kappa shape index (κ1) is 13.9. The predicted octanol–water partition coefficient (Wildman–Crippen LogP) is 4.52. The van der Waals surface area contributed by atoms with Gasteiger partial charge in [0.25, 0.3) is 0 Å². The van der Waals surface area contributed by atoms with Crippen molar-refractivity contribution >= 4 is 21.7 Å². The zero-order valence-electron chi connectivity index (χ0n) is 10.2. The van der Waals surface area contributed by atoms with E-state index in [1.807, 2.05) is 13.0 Å². The Labute approximate surface area is 118 Å². The van der Waals surface area contributed by atoms with Crippen LogP contribution < -0.4 is 0 Å². The van der Waals surface area contributed by atoms with E-state index in [9.17, 15) is 13.6 Å². The molecule has 1 nitrogen and oxygen atoms in total. The van der Waals surface area contributed by atoms with Gasteiger partial charge in [0.2, 0.25) is 0 Å². The van der Waals surface area contributed by atoms with Crippen LogP contribution in [0.25, 0.3) is 0 Å². The Hall–Kier alpha value is -1.55. The van der Waals surface area contributed by atoms with Gasteiger partial charge in [0.15, 0.2) is 17.4 Å². The van der Waals surface area contributed by atoms with Crippen LogP contribution in [0.4, 0.5) is 8.78 Å². The zero-order chi connectivity index (χ0) is 14.0. The highest BCUT2D eigenvalue weighted by atomic mass is 79.9. The summed E-state index contributed by atoms with van der Waals surface area (Å²) in [6.45, 7) is 1.98. The van der Waals surface area contributed by atoms with E-state index in [0.717, 1.165) is 18.1 Å². The summed E-state index contributed by atoms with van der Waals surface area (Å²) in [6, 6.07) is 9.35. The second-order valence-corrected chi connectivity index (χ2v) is 4.90. The van der Waals surface area contributed by atoms with Crippen LogP contribution in [0.5, 0.6) is 0 Å². The van der Waals surface area contributed by atoms with E-state index in [4.69, 9.17) is 0 Å². The molecule has 0 fully saturated rings. The summed E-state index contributed by atoms with van der Waals surface area (Å²) in [4.78, 5) is 12.3. The summed E-state index contributed by atoms with van der Waals surface area (Å²) in [5.41, 5.74) is 1.60. The molecule has 0 N–H and O–H groups in total. The Morgan fingerprint density at radius 2 is 1.95 bits per heavy atom. The Bertz CT molecular complexity index is 638. The van der Waals surface area contributed by atoms with Crippen molar-refractivity contribution < 1.29 is 13.6 Å². The molecule has 0 aromatic heterocycles. The molecule has 19 heavy (non-hydrogen) atoms. The number of aryl methyl sites for hydroxylation is 1. The Kier molecular flexibility index (Phi) is 4.10. The van der Waals surface area contributed by atoms with Gasteiger partial charge in [0, 0.05) is 11.1 Å². The molecule has 0 spiro atoms. The molecule has 0 unspecified atom stereocenters. The fourth-order valence-corrected chi connectivity index (χ4v) is 2.29. The molecular weight excluding hydrogens is 314 g/mol. The lowest BCUT2D eigenvalue weighted by Gasteiger charge is -2.06. The van der Waals surface area contributed by atoms with Gasteiger partial charge in [0.1, 0.15) is 0 Å². The monoisotopic (exact) mass is 324 g/mol. The summed E-state index contributed by atoms with van der Waals surface area (Å²) in [5.74, 6) is -2.36. The number of hydrogen-bond acceptors (Lipinski definition) is 1. The van der Waals surface area contributed by atoms with Crippen molar-refractivity contribution in [1.29, 1.82) is 0 Å². The second-order valence-electron chi connectivity index (χ2n) is 4.11. The summed E-state index contributed by atoms with van der Waals surface area (Å²) in [7, 11) is 0. The SMILES string of the molecule is CCc1cccc(C(=O)c2ccc(F)c(F)c2Br)c1. The molecule has 4 heteroatoms. The second kappa shape index (κ2) is 5.61. The van der Waals surface area contributed by atoms with Gasteiger partial charge >= 0.3 is 0 Å². The minimum Gasteiger partial charge on any atom is -0.289 e. The van der Waals surface area contributed by atoms with Crippen molar-refractivity contribution in [1.82, 2.24) is 0 Å². The van der Waals surface area contributed by atoms with Gasteiger partial charge in [-0.15, -0.1) is 0 Å². The molecular formula is C15H11BrF2O. The molecule has 0 heterocycles. The van der Waals surface area contributed by atoms with Crippen LogP contribution in [0.3, 0.4) is 0 Å². The van der Waals surface area contributed by atoms with Crippen molar-refractivity contribution in [2.75, 3.05) is 0 Å².